The number of hydrogen-bond acceptors (Lipinski definition) is 1. The molecule has 0 spiro atoms. The van der Waals surface area contributed by atoms with Gasteiger partial charge in [0.05, 0.1) is 5.56 Å². The third-order valence-electron chi connectivity index (χ3n) is 2.77. The zero-order chi connectivity index (χ0) is 13.3. The van der Waals surface area contributed by atoms with Crippen LogP contribution in [0.1, 0.15) is 15.9 Å². The van der Waals surface area contributed by atoms with Crippen molar-refractivity contribution in [2.24, 2.45) is 0 Å². The highest BCUT2D eigenvalue weighted by atomic mass is 35.5. The van der Waals surface area contributed by atoms with Gasteiger partial charge in [-0.15, -0.1) is 0 Å². The van der Waals surface area contributed by atoms with E-state index in [1.807, 2.05) is 0 Å². The van der Waals surface area contributed by atoms with E-state index >= 15 is 0 Å². The Morgan fingerprint density at radius 2 is 1.94 bits per heavy atom. The Bertz CT molecular complexity index is 623. The maximum atomic E-state index is 13.5. The van der Waals surface area contributed by atoms with Crippen LogP contribution in [0.3, 0.4) is 0 Å². The topological polar surface area (TPSA) is 37.3 Å². The first-order valence-electron chi connectivity index (χ1n) is 5.29. The van der Waals surface area contributed by atoms with Crippen LogP contribution in [0.4, 0.5) is 4.39 Å². The third-order valence-corrected chi connectivity index (χ3v) is 3.00. The van der Waals surface area contributed by atoms with Gasteiger partial charge in [-0.05, 0) is 47.9 Å². The van der Waals surface area contributed by atoms with Gasteiger partial charge in [-0.25, -0.2) is 9.18 Å². The predicted octanol–water partition coefficient (Wildman–Crippen LogP) is 4.15. The summed E-state index contributed by atoms with van der Waals surface area (Å²) in [4.78, 5) is 11.2. The lowest BCUT2D eigenvalue weighted by molar-refractivity contribution is 0.0697. The van der Waals surface area contributed by atoms with E-state index < -0.39 is 5.97 Å². The summed E-state index contributed by atoms with van der Waals surface area (Å²) >= 11 is 5.88. The summed E-state index contributed by atoms with van der Waals surface area (Å²) in [5.41, 5.74) is 1.47. The van der Waals surface area contributed by atoms with Crippen molar-refractivity contribution in [2.45, 2.75) is 6.92 Å². The van der Waals surface area contributed by atoms with Crippen molar-refractivity contribution in [3.05, 3.63) is 58.4 Å². The van der Waals surface area contributed by atoms with E-state index in [9.17, 15) is 9.18 Å². The Balaban J connectivity index is 2.73. The molecule has 92 valence electrons. The molecule has 0 heterocycles. The molecule has 2 aromatic rings. The van der Waals surface area contributed by atoms with Gasteiger partial charge in [0.25, 0.3) is 0 Å². The van der Waals surface area contributed by atoms with E-state index in [4.69, 9.17) is 16.7 Å². The summed E-state index contributed by atoms with van der Waals surface area (Å²) in [5.74, 6) is -1.44. The minimum Gasteiger partial charge on any atom is -0.478 e. The maximum Gasteiger partial charge on any atom is 0.336 e. The van der Waals surface area contributed by atoms with Crippen molar-refractivity contribution < 1.29 is 14.3 Å². The standard InChI is InChI=1S/C14H10ClFO2/c1-8-10(3-2-4-13(8)16)12-7-9(15)5-6-11(12)14(17)18/h2-7H,1H3,(H,17,18). The molecule has 2 rings (SSSR count). The number of benzene rings is 2. The number of carboxylic acid groups (broad SMARTS) is 1. The third kappa shape index (κ3) is 2.22. The van der Waals surface area contributed by atoms with Crippen LogP contribution in [0.25, 0.3) is 11.1 Å². The Kier molecular flexibility index (Phi) is 3.34. The van der Waals surface area contributed by atoms with Gasteiger partial charge in [0.1, 0.15) is 5.82 Å². The molecule has 0 aliphatic carbocycles. The lowest BCUT2D eigenvalue weighted by Gasteiger charge is -2.10. The first kappa shape index (κ1) is 12.6. The Morgan fingerprint density at radius 1 is 1.22 bits per heavy atom. The summed E-state index contributed by atoms with van der Waals surface area (Å²) in [6, 6.07) is 9.02. The van der Waals surface area contributed by atoms with Gasteiger partial charge in [0.2, 0.25) is 0 Å². The van der Waals surface area contributed by atoms with Gasteiger partial charge in [0.15, 0.2) is 0 Å². The number of carbonyl (C=O) groups is 1. The minimum absolute atomic E-state index is 0.105. The normalized spacial score (nSPS) is 10.4. The fourth-order valence-electron chi connectivity index (χ4n) is 1.83. The van der Waals surface area contributed by atoms with Gasteiger partial charge in [-0.3, -0.25) is 0 Å². The Morgan fingerprint density at radius 3 is 2.61 bits per heavy atom. The highest BCUT2D eigenvalue weighted by molar-refractivity contribution is 6.31. The molecule has 0 aliphatic rings. The van der Waals surface area contributed by atoms with Gasteiger partial charge < -0.3 is 5.11 Å². The lowest BCUT2D eigenvalue weighted by Crippen LogP contribution is -2.00. The molecule has 0 atom stereocenters. The van der Waals surface area contributed by atoms with Crippen LogP contribution in [0.5, 0.6) is 0 Å². The van der Waals surface area contributed by atoms with Crippen LogP contribution in [0, 0.1) is 12.7 Å². The summed E-state index contributed by atoms with van der Waals surface area (Å²) in [6.45, 7) is 1.61. The first-order chi connectivity index (χ1) is 8.50. The summed E-state index contributed by atoms with van der Waals surface area (Å²) < 4.78 is 13.5. The second-order valence-corrected chi connectivity index (χ2v) is 4.34. The number of halogens is 2. The number of rotatable bonds is 2. The van der Waals surface area contributed by atoms with Gasteiger partial charge in [-0.2, -0.15) is 0 Å². The van der Waals surface area contributed by atoms with Crippen molar-refractivity contribution in [3.8, 4) is 11.1 Å². The number of aromatic carboxylic acids is 1. The molecule has 2 aromatic carbocycles. The highest BCUT2D eigenvalue weighted by Crippen LogP contribution is 2.30. The van der Waals surface area contributed by atoms with Crippen molar-refractivity contribution in [1.82, 2.24) is 0 Å². The zero-order valence-electron chi connectivity index (χ0n) is 9.58. The van der Waals surface area contributed by atoms with E-state index in [2.05, 4.69) is 0 Å². The fourth-order valence-corrected chi connectivity index (χ4v) is 2.00. The lowest BCUT2D eigenvalue weighted by atomic mass is 9.96. The molecule has 18 heavy (non-hydrogen) atoms. The van der Waals surface area contributed by atoms with Crippen molar-refractivity contribution >= 4 is 17.6 Å². The predicted molar refractivity (Wildman–Crippen MR) is 68.5 cm³/mol. The molecule has 0 amide bonds. The Hall–Kier alpha value is -1.87. The van der Waals surface area contributed by atoms with Crippen molar-refractivity contribution in [2.75, 3.05) is 0 Å². The van der Waals surface area contributed by atoms with Gasteiger partial charge in [-0.1, -0.05) is 23.7 Å². The quantitative estimate of drug-likeness (QED) is 0.885. The van der Waals surface area contributed by atoms with E-state index in [1.54, 1.807) is 19.1 Å². The van der Waals surface area contributed by atoms with Crippen LogP contribution in [0.15, 0.2) is 36.4 Å². The molecule has 2 nitrogen and oxygen atoms in total. The summed E-state index contributed by atoms with van der Waals surface area (Å²) in [7, 11) is 0. The molecule has 0 unspecified atom stereocenters. The second kappa shape index (κ2) is 4.78. The summed E-state index contributed by atoms with van der Waals surface area (Å²) in [5, 5.41) is 9.56. The molecular weight excluding hydrogens is 255 g/mol. The van der Waals surface area contributed by atoms with Crippen LogP contribution < -0.4 is 0 Å². The highest BCUT2D eigenvalue weighted by Gasteiger charge is 2.15. The molecule has 0 saturated heterocycles. The zero-order valence-corrected chi connectivity index (χ0v) is 10.3. The molecule has 4 heteroatoms. The monoisotopic (exact) mass is 264 g/mol. The minimum atomic E-state index is -1.06. The molecule has 0 fully saturated rings. The average molecular weight is 265 g/mol. The second-order valence-electron chi connectivity index (χ2n) is 3.91. The van der Waals surface area contributed by atoms with Crippen LogP contribution >= 0.6 is 11.6 Å². The van der Waals surface area contributed by atoms with E-state index in [-0.39, 0.29) is 11.4 Å². The number of carboxylic acids is 1. The van der Waals surface area contributed by atoms with Crippen molar-refractivity contribution in [1.29, 1.82) is 0 Å². The molecule has 0 bridgehead atoms. The van der Waals surface area contributed by atoms with Crippen LogP contribution in [-0.4, -0.2) is 11.1 Å². The van der Waals surface area contributed by atoms with Crippen LogP contribution in [-0.2, 0) is 0 Å². The van der Waals surface area contributed by atoms with Crippen molar-refractivity contribution in [3.63, 3.8) is 0 Å². The molecule has 0 radical (unpaired) electrons. The molecule has 0 aromatic heterocycles. The average Bonchev–Trinajstić information content (AvgIpc) is 2.32. The first-order valence-corrected chi connectivity index (χ1v) is 5.67. The summed E-state index contributed by atoms with van der Waals surface area (Å²) in [6.07, 6.45) is 0. The largest absolute Gasteiger partial charge is 0.478 e. The van der Waals surface area contributed by atoms with E-state index in [1.165, 1.54) is 24.3 Å². The van der Waals surface area contributed by atoms with Gasteiger partial charge >= 0.3 is 5.97 Å². The SMILES string of the molecule is Cc1c(F)cccc1-c1cc(Cl)ccc1C(=O)O. The van der Waals surface area contributed by atoms with E-state index in [0.717, 1.165) is 0 Å². The molecule has 0 aliphatic heterocycles. The maximum absolute atomic E-state index is 13.5. The van der Waals surface area contributed by atoms with Crippen LogP contribution in [0.2, 0.25) is 5.02 Å². The fraction of sp³-hybridized carbons (Fsp3) is 0.0714. The van der Waals surface area contributed by atoms with E-state index in [0.29, 0.717) is 21.7 Å². The number of hydrogen-bond donors (Lipinski definition) is 1. The smallest absolute Gasteiger partial charge is 0.336 e. The molecular formula is C14H10ClFO2. The molecule has 1 N–H and O–H groups in total. The van der Waals surface area contributed by atoms with Gasteiger partial charge in [0, 0.05) is 5.02 Å². The Labute approximate surface area is 109 Å². The molecule has 0 saturated carbocycles.